The van der Waals surface area contributed by atoms with E-state index < -0.39 is 6.10 Å². The van der Waals surface area contributed by atoms with Gasteiger partial charge in [0.2, 0.25) is 0 Å². The van der Waals surface area contributed by atoms with Gasteiger partial charge in [-0.2, -0.15) is 0 Å². The fourth-order valence-electron chi connectivity index (χ4n) is 7.16. The molecule has 0 rings (SSSR count). The van der Waals surface area contributed by atoms with Crippen LogP contribution in [0.5, 0.6) is 0 Å². The van der Waals surface area contributed by atoms with Crippen molar-refractivity contribution in [2.24, 2.45) is 5.92 Å². The Balaban J connectivity index is 4.26. The lowest BCUT2D eigenvalue weighted by atomic mass is 10.0. The number of ether oxygens (including phenoxy) is 3. The fourth-order valence-corrected chi connectivity index (χ4v) is 7.16. The third-order valence-corrected chi connectivity index (χ3v) is 10.8. The van der Waals surface area contributed by atoms with Crippen molar-refractivity contribution in [3.63, 3.8) is 0 Å². The number of hydrogen-bond acceptors (Lipinski definition) is 6. The minimum absolute atomic E-state index is 0.0644. The average Bonchev–Trinajstić information content (AvgIpc) is 3.15. The topological polar surface area (TPSA) is 78.9 Å². The molecular formula is C48H92O6. The quantitative estimate of drug-likeness (QED) is 0.0349. The molecule has 6 nitrogen and oxygen atoms in total. The molecule has 0 aliphatic carbocycles. The van der Waals surface area contributed by atoms with E-state index in [1.54, 1.807) is 0 Å². The number of hydrogen-bond donors (Lipinski definition) is 0. The molecule has 0 aliphatic heterocycles. The van der Waals surface area contributed by atoms with E-state index in [-0.39, 0.29) is 31.1 Å². The Hall–Kier alpha value is -1.59. The summed E-state index contributed by atoms with van der Waals surface area (Å²) >= 11 is 0. The summed E-state index contributed by atoms with van der Waals surface area (Å²) in [7, 11) is 0. The molecule has 320 valence electrons. The highest BCUT2D eigenvalue weighted by Gasteiger charge is 2.19. The largest absolute Gasteiger partial charge is 0.462 e. The molecule has 0 N–H and O–H groups in total. The summed E-state index contributed by atoms with van der Waals surface area (Å²) in [6.07, 6.45) is 42.4. The van der Waals surface area contributed by atoms with Crippen molar-refractivity contribution < 1.29 is 28.6 Å². The van der Waals surface area contributed by atoms with Gasteiger partial charge >= 0.3 is 17.9 Å². The van der Waals surface area contributed by atoms with Crippen LogP contribution in [-0.2, 0) is 28.6 Å². The Morgan fingerprint density at radius 2 is 0.611 bits per heavy atom. The molecule has 0 fully saturated rings. The van der Waals surface area contributed by atoms with Crippen LogP contribution in [0, 0.1) is 5.92 Å². The molecule has 0 aliphatic rings. The van der Waals surface area contributed by atoms with E-state index in [4.69, 9.17) is 14.2 Å². The Labute approximate surface area is 336 Å². The van der Waals surface area contributed by atoms with Gasteiger partial charge < -0.3 is 14.2 Å². The van der Waals surface area contributed by atoms with Crippen LogP contribution in [0.25, 0.3) is 0 Å². The molecule has 0 bridgehead atoms. The van der Waals surface area contributed by atoms with Gasteiger partial charge in [-0.15, -0.1) is 0 Å². The van der Waals surface area contributed by atoms with Gasteiger partial charge in [-0.1, -0.05) is 227 Å². The molecule has 0 aromatic heterocycles. The van der Waals surface area contributed by atoms with E-state index in [0.717, 1.165) is 63.7 Å². The second-order valence-electron chi connectivity index (χ2n) is 16.9. The normalized spacial score (nSPS) is 11.9. The predicted molar refractivity (Wildman–Crippen MR) is 229 cm³/mol. The van der Waals surface area contributed by atoms with Gasteiger partial charge in [-0.3, -0.25) is 14.4 Å². The number of rotatable bonds is 43. The lowest BCUT2D eigenvalue weighted by Gasteiger charge is -2.18. The SMILES string of the molecule is CCCCCCCCCCCCCCCCCCCC(=O)O[C@@H](COC(=O)CCCCCCCCCCCC)COC(=O)CCCCCCCCC(C)C. The second-order valence-corrected chi connectivity index (χ2v) is 16.9. The number of carbonyl (C=O) groups is 3. The van der Waals surface area contributed by atoms with E-state index in [1.165, 1.54) is 161 Å². The van der Waals surface area contributed by atoms with Gasteiger partial charge in [0.15, 0.2) is 6.10 Å². The summed E-state index contributed by atoms with van der Waals surface area (Å²) in [4.78, 5) is 37.7. The minimum Gasteiger partial charge on any atom is -0.462 e. The van der Waals surface area contributed by atoms with E-state index in [9.17, 15) is 14.4 Å². The highest BCUT2D eigenvalue weighted by molar-refractivity contribution is 5.71. The lowest BCUT2D eigenvalue weighted by molar-refractivity contribution is -0.167. The third-order valence-electron chi connectivity index (χ3n) is 10.8. The molecule has 0 radical (unpaired) electrons. The number of carbonyl (C=O) groups excluding carboxylic acids is 3. The van der Waals surface area contributed by atoms with Crippen LogP contribution in [0.3, 0.4) is 0 Å². The molecule has 0 aromatic rings. The first-order valence-corrected chi connectivity index (χ1v) is 23.9. The Morgan fingerprint density at radius 1 is 0.352 bits per heavy atom. The van der Waals surface area contributed by atoms with Crippen LogP contribution in [0.2, 0.25) is 0 Å². The lowest BCUT2D eigenvalue weighted by Crippen LogP contribution is -2.30. The third kappa shape index (κ3) is 41.6. The highest BCUT2D eigenvalue weighted by atomic mass is 16.6. The van der Waals surface area contributed by atoms with Crippen molar-refractivity contribution in [3.8, 4) is 0 Å². The van der Waals surface area contributed by atoms with Crippen LogP contribution in [0.15, 0.2) is 0 Å². The number of unbranched alkanes of at least 4 members (excludes halogenated alkanes) is 30. The zero-order valence-corrected chi connectivity index (χ0v) is 36.7. The minimum atomic E-state index is -0.759. The Bertz CT molecular complexity index is 811. The molecule has 0 spiro atoms. The first-order valence-electron chi connectivity index (χ1n) is 23.9. The molecule has 0 unspecified atom stereocenters. The van der Waals surface area contributed by atoms with Gasteiger partial charge in [0.1, 0.15) is 13.2 Å². The molecule has 0 heterocycles. The maximum atomic E-state index is 12.7. The van der Waals surface area contributed by atoms with Gasteiger partial charge in [0, 0.05) is 19.3 Å². The van der Waals surface area contributed by atoms with Gasteiger partial charge in [0.25, 0.3) is 0 Å². The van der Waals surface area contributed by atoms with Crippen LogP contribution in [0.1, 0.15) is 265 Å². The zero-order valence-electron chi connectivity index (χ0n) is 36.7. The summed E-state index contributed by atoms with van der Waals surface area (Å²) in [5, 5.41) is 0. The molecule has 6 heteroatoms. The maximum absolute atomic E-state index is 12.7. The van der Waals surface area contributed by atoms with E-state index in [1.807, 2.05) is 0 Å². The Morgan fingerprint density at radius 3 is 0.907 bits per heavy atom. The summed E-state index contributed by atoms with van der Waals surface area (Å²) in [6.45, 7) is 8.93. The van der Waals surface area contributed by atoms with Crippen LogP contribution < -0.4 is 0 Å². The van der Waals surface area contributed by atoms with E-state index >= 15 is 0 Å². The van der Waals surface area contributed by atoms with Crippen LogP contribution >= 0.6 is 0 Å². The molecule has 0 saturated carbocycles. The monoisotopic (exact) mass is 765 g/mol. The standard InChI is InChI=1S/C48H92O6/c1-5-7-9-11-13-15-17-18-19-20-21-22-23-25-27-33-37-41-48(51)54-45(43-53-47(50)40-36-32-29-28-30-34-38-44(3)4)42-52-46(49)39-35-31-26-24-16-14-12-10-8-6-2/h44-45H,5-43H2,1-4H3/t45-/m0/s1. The summed E-state index contributed by atoms with van der Waals surface area (Å²) in [5.74, 6) is -0.0935. The van der Waals surface area contributed by atoms with Gasteiger partial charge in [-0.25, -0.2) is 0 Å². The fraction of sp³-hybridized carbons (Fsp3) is 0.938. The molecular weight excluding hydrogens is 673 g/mol. The highest BCUT2D eigenvalue weighted by Crippen LogP contribution is 2.16. The number of esters is 3. The molecule has 54 heavy (non-hydrogen) atoms. The Kier molecular flexibility index (Phi) is 41.3. The zero-order chi connectivity index (χ0) is 39.6. The van der Waals surface area contributed by atoms with Crippen molar-refractivity contribution in [2.75, 3.05) is 13.2 Å². The first kappa shape index (κ1) is 52.4. The summed E-state index contributed by atoms with van der Waals surface area (Å²) in [6, 6.07) is 0. The van der Waals surface area contributed by atoms with Crippen molar-refractivity contribution in [1.82, 2.24) is 0 Å². The molecule has 0 amide bonds. The molecule has 1 atom stereocenters. The van der Waals surface area contributed by atoms with E-state index in [2.05, 4.69) is 27.7 Å². The van der Waals surface area contributed by atoms with Gasteiger partial charge in [-0.05, 0) is 25.2 Å². The van der Waals surface area contributed by atoms with Crippen molar-refractivity contribution in [2.45, 2.75) is 271 Å². The van der Waals surface area contributed by atoms with Crippen molar-refractivity contribution in [3.05, 3.63) is 0 Å². The van der Waals surface area contributed by atoms with Crippen molar-refractivity contribution in [1.29, 1.82) is 0 Å². The average molecular weight is 765 g/mol. The summed E-state index contributed by atoms with van der Waals surface area (Å²) < 4.78 is 16.7. The maximum Gasteiger partial charge on any atom is 0.306 e. The van der Waals surface area contributed by atoms with Crippen LogP contribution in [-0.4, -0.2) is 37.2 Å². The molecule has 0 aromatic carbocycles. The first-order chi connectivity index (χ1) is 26.4. The summed E-state index contributed by atoms with van der Waals surface area (Å²) in [5.41, 5.74) is 0. The van der Waals surface area contributed by atoms with E-state index in [0.29, 0.717) is 19.3 Å². The smallest absolute Gasteiger partial charge is 0.306 e. The van der Waals surface area contributed by atoms with Crippen LogP contribution in [0.4, 0.5) is 0 Å². The van der Waals surface area contributed by atoms with Crippen molar-refractivity contribution >= 4 is 17.9 Å². The van der Waals surface area contributed by atoms with Gasteiger partial charge in [0.05, 0.1) is 0 Å². The molecule has 0 saturated heterocycles. The predicted octanol–water partition coefficient (Wildman–Crippen LogP) is 15.1. The second kappa shape index (κ2) is 42.6.